The van der Waals surface area contributed by atoms with E-state index in [4.69, 9.17) is 0 Å². The minimum absolute atomic E-state index is 0.155. The number of β-amino-alcohol motifs (C(OH)–C–C–N with tert-alkyl or cyclic N) is 1. The zero-order chi connectivity index (χ0) is 14.1. The first kappa shape index (κ1) is 14.8. The molecule has 2 aliphatic rings. The Hall–Kier alpha value is -0.620. The summed E-state index contributed by atoms with van der Waals surface area (Å²) in [5.41, 5.74) is -2.60. The summed E-state index contributed by atoms with van der Waals surface area (Å²) in [5.74, 6) is 0.0121. The van der Waals surface area contributed by atoms with E-state index in [2.05, 4.69) is 0 Å². The second kappa shape index (κ2) is 5.40. The monoisotopic (exact) mass is 279 g/mol. The van der Waals surface area contributed by atoms with Gasteiger partial charge >= 0.3 is 6.18 Å². The van der Waals surface area contributed by atoms with Crippen LogP contribution in [-0.4, -0.2) is 47.2 Å². The lowest BCUT2D eigenvalue weighted by Crippen LogP contribution is -2.47. The summed E-state index contributed by atoms with van der Waals surface area (Å²) in [6.45, 7) is 0.164. The van der Waals surface area contributed by atoms with E-state index in [0.717, 1.165) is 25.7 Å². The number of hydrogen-bond donors (Lipinski definition) is 1. The first-order chi connectivity index (χ1) is 8.82. The molecule has 0 aromatic carbocycles. The number of ketones is 1. The maximum Gasteiger partial charge on any atom is 0.418 e. The summed E-state index contributed by atoms with van der Waals surface area (Å²) in [6.07, 6.45) is -0.696. The van der Waals surface area contributed by atoms with Crippen molar-refractivity contribution in [1.29, 1.82) is 0 Å². The zero-order valence-electron chi connectivity index (χ0n) is 10.9. The molecular weight excluding hydrogens is 259 g/mol. The summed E-state index contributed by atoms with van der Waals surface area (Å²) in [4.78, 5) is 13.4. The lowest BCUT2D eigenvalue weighted by molar-refractivity contribution is -0.254. The summed E-state index contributed by atoms with van der Waals surface area (Å²) >= 11 is 0. The quantitative estimate of drug-likeness (QED) is 0.787. The molecule has 1 N–H and O–H groups in total. The Morgan fingerprint density at radius 1 is 1.32 bits per heavy atom. The maximum atomic E-state index is 12.7. The van der Waals surface area contributed by atoms with Gasteiger partial charge in [-0.25, -0.2) is 0 Å². The molecule has 1 aliphatic heterocycles. The molecule has 0 spiro atoms. The van der Waals surface area contributed by atoms with Gasteiger partial charge in [0, 0.05) is 32.0 Å². The summed E-state index contributed by atoms with van der Waals surface area (Å²) < 4.78 is 38.1. The van der Waals surface area contributed by atoms with Crippen LogP contribution in [0.15, 0.2) is 0 Å². The molecule has 2 atom stereocenters. The van der Waals surface area contributed by atoms with Gasteiger partial charge in [-0.15, -0.1) is 0 Å². The zero-order valence-corrected chi connectivity index (χ0v) is 10.9. The van der Waals surface area contributed by atoms with E-state index in [1.54, 1.807) is 4.90 Å². The minimum atomic E-state index is -4.59. The number of alkyl halides is 3. The Morgan fingerprint density at radius 2 is 2.05 bits per heavy atom. The number of halogens is 3. The molecule has 0 amide bonds. The SMILES string of the molecule is O=C1CCCCCC1CN1CCC(O)(C(F)(F)F)C1. The lowest BCUT2D eigenvalue weighted by Gasteiger charge is -2.27. The lowest BCUT2D eigenvalue weighted by atomic mass is 9.98. The molecule has 2 rings (SSSR count). The minimum Gasteiger partial charge on any atom is -0.379 e. The van der Waals surface area contributed by atoms with Crippen molar-refractivity contribution in [3.63, 3.8) is 0 Å². The normalized spacial score (nSPS) is 34.5. The van der Waals surface area contributed by atoms with Crippen LogP contribution in [0.2, 0.25) is 0 Å². The van der Waals surface area contributed by atoms with Gasteiger partial charge in [0.25, 0.3) is 0 Å². The fraction of sp³-hybridized carbons (Fsp3) is 0.923. The molecule has 110 valence electrons. The molecule has 6 heteroatoms. The number of Topliss-reactive ketones (excluding diaryl/α,β-unsaturated/α-hetero) is 1. The van der Waals surface area contributed by atoms with Crippen molar-refractivity contribution in [2.45, 2.75) is 50.3 Å². The van der Waals surface area contributed by atoms with E-state index in [9.17, 15) is 23.1 Å². The van der Waals surface area contributed by atoms with E-state index in [-0.39, 0.29) is 24.7 Å². The van der Waals surface area contributed by atoms with Crippen LogP contribution in [0.1, 0.15) is 38.5 Å². The van der Waals surface area contributed by atoms with Crippen molar-refractivity contribution < 1.29 is 23.1 Å². The van der Waals surface area contributed by atoms with Crippen LogP contribution >= 0.6 is 0 Å². The molecule has 1 saturated heterocycles. The van der Waals surface area contributed by atoms with E-state index >= 15 is 0 Å². The van der Waals surface area contributed by atoms with Crippen LogP contribution in [-0.2, 0) is 4.79 Å². The third-order valence-electron chi connectivity index (χ3n) is 4.26. The highest BCUT2D eigenvalue weighted by Crippen LogP contribution is 2.38. The summed E-state index contributed by atoms with van der Waals surface area (Å²) in [5, 5.41) is 9.60. The Bertz CT molecular complexity index is 345. The average molecular weight is 279 g/mol. The first-order valence-electron chi connectivity index (χ1n) is 6.86. The van der Waals surface area contributed by atoms with Gasteiger partial charge in [0.2, 0.25) is 0 Å². The Kier molecular flexibility index (Phi) is 4.20. The van der Waals surface area contributed by atoms with Crippen molar-refractivity contribution in [2.75, 3.05) is 19.6 Å². The van der Waals surface area contributed by atoms with Crippen LogP contribution < -0.4 is 0 Å². The van der Waals surface area contributed by atoms with E-state index < -0.39 is 18.3 Å². The molecule has 0 radical (unpaired) electrons. The van der Waals surface area contributed by atoms with E-state index in [1.165, 1.54) is 0 Å². The average Bonchev–Trinajstić information content (AvgIpc) is 2.58. The molecule has 2 fully saturated rings. The molecule has 1 saturated carbocycles. The van der Waals surface area contributed by atoms with Crippen LogP contribution in [0.5, 0.6) is 0 Å². The third-order valence-corrected chi connectivity index (χ3v) is 4.26. The number of hydrogen-bond acceptors (Lipinski definition) is 3. The number of nitrogens with zero attached hydrogens (tertiary/aromatic N) is 1. The van der Waals surface area contributed by atoms with Crippen molar-refractivity contribution in [3.8, 4) is 0 Å². The number of rotatable bonds is 2. The van der Waals surface area contributed by atoms with Crippen LogP contribution in [0.25, 0.3) is 0 Å². The number of carbonyl (C=O) groups excluding carboxylic acids is 1. The van der Waals surface area contributed by atoms with Crippen LogP contribution in [0.3, 0.4) is 0 Å². The van der Waals surface area contributed by atoms with Gasteiger partial charge in [-0.1, -0.05) is 12.8 Å². The fourth-order valence-electron chi connectivity index (χ4n) is 2.99. The Balaban J connectivity index is 1.93. The molecule has 0 aromatic heterocycles. The highest BCUT2D eigenvalue weighted by Gasteiger charge is 2.57. The van der Waals surface area contributed by atoms with Crippen LogP contribution in [0.4, 0.5) is 13.2 Å². The summed E-state index contributed by atoms with van der Waals surface area (Å²) in [6, 6.07) is 0. The van der Waals surface area contributed by atoms with Gasteiger partial charge in [-0.05, 0) is 19.3 Å². The number of aliphatic hydroxyl groups is 1. The number of carbonyl (C=O) groups is 1. The third kappa shape index (κ3) is 3.28. The van der Waals surface area contributed by atoms with E-state index in [0.29, 0.717) is 13.0 Å². The highest BCUT2D eigenvalue weighted by atomic mass is 19.4. The van der Waals surface area contributed by atoms with Gasteiger partial charge < -0.3 is 5.11 Å². The molecule has 1 heterocycles. The molecule has 0 bridgehead atoms. The Labute approximate surface area is 110 Å². The van der Waals surface area contributed by atoms with Gasteiger partial charge in [0.1, 0.15) is 5.78 Å². The van der Waals surface area contributed by atoms with Crippen molar-refractivity contribution in [3.05, 3.63) is 0 Å². The molecule has 0 aromatic rings. The molecule has 3 nitrogen and oxygen atoms in total. The fourth-order valence-corrected chi connectivity index (χ4v) is 2.99. The first-order valence-corrected chi connectivity index (χ1v) is 6.86. The van der Waals surface area contributed by atoms with Crippen molar-refractivity contribution >= 4 is 5.78 Å². The molecule has 2 unspecified atom stereocenters. The predicted octanol–water partition coefficient (Wildman–Crippen LogP) is 2.13. The second-order valence-corrected chi connectivity index (χ2v) is 5.78. The predicted molar refractivity (Wildman–Crippen MR) is 63.6 cm³/mol. The topological polar surface area (TPSA) is 40.5 Å². The standard InChI is InChI=1S/C13H20F3NO2/c14-13(15,16)12(19)6-7-17(9-12)8-10-4-2-1-3-5-11(10)18/h10,19H,1-9H2. The van der Waals surface area contributed by atoms with Crippen molar-refractivity contribution in [2.24, 2.45) is 5.92 Å². The van der Waals surface area contributed by atoms with Crippen molar-refractivity contribution in [1.82, 2.24) is 4.90 Å². The van der Waals surface area contributed by atoms with Gasteiger partial charge in [-0.3, -0.25) is 9.69 Å². The van der Waals surface area contributed by atoms with Gasteiger partial charge in [0.15, 0.2) is 5.60 Å². The second-order valence-electron chi connectivity index (χ2n) is 5.78. The molecule has 1 aliphatic carbocycles. The largest absolute Gasteiger partial charge is 0.418 e. The van der Waals surface area contributed by atoms with Crippen LogP contribution in [0, 0.1) is 5.92 Å². The maximum absolute atomic E-state index is 12.7. The molecular formula is C13H20F3NO2. The summed E-state index contributed by atoms with van der Waals surface area (Å²) in [7, 11) is 0. The Morgan fingerprint density at radius 3 is 2.68 bits per heavy atom. The smallest absolute Gasteiger partial charge is 0.379 e. The number of likely N-dealkylation sites (tertiary alicyclic amines) is 1. The van der Waals surface area contributed by atoms with Gasteiger partial charge in [-0.2, -0.15) is 13.2 Å². The highest BCUT2D eigenvalue weighted by molar-refractivity contribution is 5.81. The molecule has 19 heavy (non-hydrogen) atoms. The van der Waals surface area contributed by atoms with E-state index in [1.807, 2.05) is 0 Å². The van der Waals surface area contributed by atoms with Gasteiger partial charge in [0.05, 0.1) is 0 Å².